The second-order valence-corrected chi connectivity index (χ2v) is 4.41. The van der Waals surface area contributed by atoms with Crippen molar-refractivity contribution in [3.8, 4) is 5.75 Å². The number of carboxylic acids is 1. The maximum absolute atomic E-state index is 10.3. The molecule has 3 nitrogen and oxygen atoms in total. The minimum atomic E-state index is -1.11. The predicted molar refractivity (Wildman–Crippen MR) is 62.5 cm³/mol. The van der Waals surface area contributed by atoms with Gasteiger partial charge >= 0.3 is 5.97 Å². The van der Waals surface area contributed by atoms with Gasteiger partial charge < -0.3 is 10.2 Å². The summed E-state index contributed by atoms with van der Waals surface area (Å²) >= 11 is 7.66. The van der Waals surface area contributed by atoms with Gasteiger partial charge in [-0.1, -0.05) is 12.1 Å². The zero-order valence-corrected chi connectivity index (χ0v) is 9.37. The highest BCUT2D eigenvalue weighted by Crippen LogP contribution is 2.14. The Bertz CT molecular complexity index is 297. The highest BCUT2D eigenvalue weighted by atomic mass is 32.2. The number of phenols is 1. The van der Waals surface area contributed by atoms with E-state index in [1.165, 1.54) is 12.1 Å². The lowest BCUT2D eigenvalue weighted by molar-refractivity contribution is 0.0694. The SMILES string of the molecule is CC(S)S.O=C(O)c1ccccc1O. The second-order valence-electron chi connectivity index (χ2n) is 2.45. The van der Waals surface area contributed by atoms with E-state index < -0.39 is 5.97 Å². The summed E-state index contributed by atoms with van der Waals surface area (Å²) in [4.78, 5) is 10.3. The van der Waals surface area contributed by atoms with Gasteiger partial charge in [-0.3, -0.25) is 0 Å². The Labute approximate surface area is 93.6 Å². The number of benzene rings is 1. The Morgan fingerprint density at radius 1 is 1.36 bits per heavy atom. The van der Waals surface area contributed by atoms with E-state index in [1.54, 1.807) is 12.1 Å². The van der Waals surface area contributed by atoms with Crippen molar-refractivity contribution in [3.05, 3.63) is 29.8 Å². The van der Waals surface area contributed by atoms with Crippen molar-refractivity contribution in [1.29, 1.82) is 0 Å². The van der Waals surface area contributed by atoms with Gasteiger partial charge in [0.15, 0.2) is 0 Å². The van der Waals surface area contributed by atoms with Gasteiger partial charge in [-0.2, -0.15) is 25.3 Å². The number of para-hydroxylation sites is 1. The maximum atomic E-state index is 10.3. The molecule has 0 aliphatic heterocycles. The number of carbonyl (C=O) groups is 1. The van der Waals surface area contributed by atoms with E-state index in [-0.39, 0.29) is 15.9 Å². The summed E-state index contributed by atoms with van der Waals surface area (Å²) in [5.74, 6) is -1.31. The van der Waals surface area contributed by atoms with Crippen molar-refractivity contribution in [1.82, 2.24) is 0 Å². The third kappa shape index (κ3) is 5.77. The third-order valence-electron chi connectivity index (χ3n) is 1.13. The molecular formula is C9H12O3S2. The third-order valence-corrected chi connectivity index (χ3v) is 1.13. The monoisotopic (exact) mass is 232 g/mol. The molecule has 14 heavy (non-hydrogen) atoms. The Kier molecular flexibility index (Phi) is 6.23. The largest absolute Gasteiger partial charge is 0.507 e. The molecule has 0 radical (unpaired) electrons. The Morgan fingerprint density at radius 3 is 2.07 bits per heavy atom. The van der Waals surface area contributed by atoms with Crippen LogP contribution in [0.4, 0.5) is 0 Å². The minimum absolute atomic E-state index is 0.0671. The summed E-state index contributed by atoms with van der Waals surface area (Å²) in [7, 11) is 0. The summed E-state index contributed by atoms with van der Waals surface area (Å²) in [5.41, 5.74) is -0.0671. The van der Waals surface area contributed by atoms with Crippen LogP contribution < -0.4 is 0 Å². The van der Waals surface area contributed by atoms with Crippen LogP contribution in [0.25, 0.3) is 0 Å². The van der Waals surface area contributed by atoms with E-state index >= 15 is 0 Å². The topological polar surface area (TPSA) is 57.5 Å². The molecule has 1 rings (SSSR count). The fourth-order valence-corrected chi connectivity index (χ4v) is 0.654. The molecular weight excluding hydrogens is 220 g/mol. The van der Waals surface area contributed by atoms with E-state index in [0.717, 1.165) is 0 Å². The standard InChI is InChI=1S/C7H6O3.C2H6S2/c8-6-4-2-1-3-5(6)7(9)10;1-2(3)4/h1-4,8H,(H,9,10);2-4H,1H3. The van der Waals surface area contributed by atoms with Crippen molar-refractivity contribution in [2.75, 3.05) is 0 Å². The first kappa shape index (κ1) is 13.2. The predicted octanol–water partition coefficient (Wildman–Crippen LogP) is 2.28. The zero-order chi connectivity index (χ0) is 11.1. The highest BCUT2D eigenvalue weighted by Gasteiger charge is 2.05. The number of aromatic carboxylic acids is 1. The molecule has 0 aliphatic rings. The molecule has 0 bridgehead atoms. The van der Waals surface area contributed by atoms with E-state index in [1.807, 2.05) is 6.92 Å². The Balaban J connectivity index is 0.000000364. The Hall–Kier alpha value is -0.810. The summed E-state index contributed by atoms with van der Waals surface area (Å²) in [6.07, 6.45) is 0. The lowest BCUT2D eigenvalue weighted by atomic mass is 10.2. The van der Waals surface area contributed by atoms with Crippen LogP contribution in [-0.4, -0.2) is 20.8 Å². The average Bonchev–Trinajstić information content (AvgIpc) is 2.03. The molecule has 0 heterocycles. The molecule has 0 aliphatic carbocycles. The van der Waals surface area contributed by atoms with E-state index in [4.69, 9.17) is 10.2 Å². The highest BCUT2D eigenvalue weighted by molar-refractivity contribution is 7.99. The maximum Gasteiger partial charge on any atom is 0.339 e. The van der Waals surface area contributed by atoms with Gasteiger partial charge in [0.05, 0.1) is 0 Å². The molecule has 0 saturated heterocycles. The van der Waals surface area contributed by atoms with Crippen LogP contribution in [0.3, 0.4) is 0 Å². The van der Waals surface area contributed by atoms with Gasteiger partial charge in [0.25, 0.3) is 0 Å². The minimum Gasteiger partial charge on any atom is -0.507 e. The summed E-state index contributed by atoms with van der Waals surface area (Å²) in [6.45, 7) is 1.90. The van der Waals surface area contributed by atoms with Crippen LogP contribution in [0.15, 0.2) is 24.3 Å². The van der Waals surface area contributed by atoms with Crippen LogP contribution >= 0.6 is 25.3 Å². The van der Waals surface area contributed by atoms with E-state index in [9.17, 15) is 4.79 Å². The van der Waals surface area contributed by atoms with Crippen LogP contribution in [0.5, 0.6) is 5.75 Å². The molecule has 78 valence electrons. The van der Waals surface area contributed by atoms with Crippen molar-refractivity contribution in [3.63, 3.8) is 0 Å². The van der Waals surface area contributed by atoms with Crippen molar-refractivity contribution in [2.45, 2.75) is 11.5 Å². The molecule has 2 N–H and O–H groups in total. The molecule has 0 fully saturated rings. The number of rotatable bonds is 1. The molecule has 0 amide bonds. The summed E-state index contributed by atoms with van der Waals surface area (Å²) in [5, 5.41) is 17.3. The quantitative estimate of drug-likeness (QED) is 0.444. The molecule has 0 atom stereocenters. The van der Waals surface area contributed by atoms with Crippen LogP contribution in [-0.2, 0) is 0 Å². The first-order chi connectivity index (χ1) is 6.45. The fraction of sp³-hybridized carbons (Fsp3) is 0.222. The van der Waals surface area contributed by atoms with E-state index in [0.29, 0.717) is 0 Å². The smallest absolute Gasteiger partial charge is 0.339 e. The molecule has 5 heteroatoms. The number of aromatic hydroxyl groups is 1. The average molecular weight is 232 g/mol. The normalized spacial score (nSPS) is 9.14. The molecule has 0 spiro atoms. The molecule has 0 aromatic heterocycles. The first-order valence-corrected chi connectivity index (χ1v) is 4.86. The number of hydrogen-bond acceptors (Lipinski definition) is 4. The molecule has 0 unspecified atom stereocenters. The van der Waals surface area contributed by atoms with Gasteiger partial charge in [-0.25, -0.2) is 4.79 Å². The summed E-state index contributed by atoms with van der Waals surface area (Å²) in [6, 6.07) is 5.81. The summed E-state index contributed by atoms with van der Waals surface area (Å²) < 4.78 is 0.222. The van der Waals surface area contributed by atoms with Gasteiger partial charge in [-0.05, 0) is 19.1 Å². The lowest BCUT2D eigenvalue weighted by Crippen LogP contribution is -1.95. The molecule has 0 saturated carbocycles. The molecule has 1 aromatic rings. The number of carboxylic acid groups (broad SMARTS) is 1. The van der Waals surface area contributed by atoms with Gasteiger partial charge in [0, 0.05) is 4.58 Å². The van der Waals surface area contributed by atoms with Gasteiger partial charge in [-0.15, -0.1) is 0 Å². The fourth-order valence-electron chi connectivity index (χ4n) is 0.654. The van der Waals surface area contributed by atoms with Crippen molar-refractivity contribution in [2.24, 2.45) is 0 Å². The van der Waals surface area contributed by atoms with Gasteiger partial charge in [0.1, 0.15) is 11.3 Å². The second kappa shape index (κ2) is 6.62. The first-order valence-electron chi connectivity index (χ1n) is 3.82. The van der Waals surface area contributed by atoms with Crippen molar-refractivity contribution < 1.29 is 15.0 Å². The lowest BCUT2D eigenvalue weighted by Gasteiger charge is -1.95. The number of hydrogen-bond donors (Lipinski definition) is 4. The molecule has 1 aromatic carbocycles. The van der Waals surface area contributed by atoms with Gasteiger partial charge in [0.2, 0.25) is 0 Å². The zero-order valence-electron chi connectivity index (χ0n) is 7.58. The van der Waals surface area contributed by atoms with Crippen LogP contribution in [0.1, 0.15) is 17.3 Å². The van der Waals surface area contributed by atoms with Crippen LogP contribution in [0.2, 0.25) is 0 Å². The number of thiol groups is 2. The Morgan fingerprint density at radius 2 is 1.79 bits per heavy atom. The van der Waals surface area contributed by atoms with E-state index in [2.05, 4.69) is 25.3 Å². The van der Waals surface area contributed by atoms with Crippen molar-refractivity contribution >= 4 is 31.2 Å². The van der Waals surface area contributed by atoms with Crippen LogP contribution in [0, 0.1) is 0 Å².